The molecule has 0 atom stereocenters. The Bertz CT molecular complexity index is 1210. The summed E-state index contributed by atoms with van der Waals surface area (Å²) < 4.78 is 39.9. The minimum atomic E-state index is -4.96. The fourth-order valence-electron chi connectivity index (χ4n) is 2.48. The number of benzene rings is 2. The smallest absolute Gasteiger partial charge is 0.446 e. The number of fused-ring (bicyclic) bond motifs is 1. The molecule has 1 aromatic heterocycles. The van der Waals surface area contributed by atoms with Gasteiger partial charge in [0, 0.05) is 6.07 Å². The van der Waals surface area contributed by atoms with Crippen LogP contribution in [-0.2, 0) is 17.0 Å². The predicted octanol–water partition coefficient (Wildman–Crippen LogP) is 2.04. The summed E-state index contributed by atoms with van der Waals surface area (Å²) in [7, 11) is -4.96. The van der Waals surface area contributed by atoms with Crippen molar-refractivity contribution in [3.63, 3.8) is 0 Å². The largest absolute Gasteiger partial charge is 0.463 e. The fourth-order valence-corrected chi connectivity index (χ4v) is 2.85. The van der Waals surface area contributed by atoms with Gasteiger partial charge in [-0.25, -0.2) is 0 Å². The molecule has 0 saturated carbocycles. The van der Waals surface area contributed by atoms with E-state index in [1.54, 1.807) is 0 Å². The number of nitro benzene ring substituents is 1. The number of hydrogen-bond acceptors (Lipinski definition) is 8. The van der Waals surface area contributed by atoms with E-state index in [1.165, 1.54) is 24.3 Å². The van der Waals surface area contributed by atoms with Crippen LogP contribution >= 0.6 is 0 Å². The van der Waals surface area contributed by atoms with Crippen LogP contribution in [0.4, 0.5) is 5.69 Å². The average molecular weight is 393 g/mol. The Morgan fingerprint density at radius 1 is 1.19 bits per heavy atom. The molecule has 27 heavy (non-hydrogen) atoms. The Hall–Kier alpha value is -3.28. The molecule has 0 saturated heterocycles. The van der Waals surface area contributed by atoms with Crippen molar-refractivity contribution in [3.05, 3.63) is 68.6 Å². The number of nitro groups is 1. The van der Waals surface area contributed by atoms with Gasteiger partial charge in [0.2, 0.25) is 5.75 Å². The first-order valence-corrected chi connectivity index (χ1v) is 8.67. The molecule has 2 aromatic carbocycles. The molecule has 0 amide bonds. The third-order valence-corrected chi connectivity index (χ3v) is 4.07. The molecule has 140 valence electrons. The van der Waals surface area contributed by atoms with E-state index >= 15 is 0 Å². The highest BCUT2D eigenvalue weighted by Gasteiger charge is 2.22. The van der Waals surface area contributed by atoms with Gasteiger partial charge >= 0.3 is 16.1 Å². The molecule has 0 spiro atoms. The molecule has 0 aliphatic rings. The molecule has 1 heterocycles. The second-order valence-electron chi connectivity index (χ2n) is 5.42. The van der Waals surface area contributed by atoms with Gasteiger partial charge in [0.15, 0.2) is 5.43 Å². The van der Waals surface area contributed by atoms with Gasteiger partial charge in [0.1, 0.15) is 11.8 Å². The molecule has 0 unspecified atom stereocenters. The maximum atomic E-state index is 12.7. The van der Waals surface area contributed by atoms with Crippen molar-refractivity contribution in [1.82, 2.24) is 0 Å². The van der Waals surface area contributed by atoms with E-state index in [1.807, 2.05) is 0 Å². The maximum Gasteiger partial charge on any atom is 0.446 e. The lowest BCUT2D eigenvalue weighted by atomic mass is 10.0. The van der Waals surface area contributed by atoms with Crippen molar-refractivity contribution in [2.24, 2.45) is 0 Å². The topological polar surface area (TPSA) is 157 Å². The summed E-state index contributed by atoms with van der Waals surface area (Å²) in [5.41, 5.74) is -0.373. The zero-order chi connectivity index (χ0) is 19.8. The molecule has 0 aliphatic carbocycles. The van der Waals surface area contributed by atoms with Crippen molar-refractivity contribution < 1.29 is 31.6 Å². The Kier molecular flexibility index (Phi) is 4.66. The summed E-state index contributed by atoms with van der Waals surface area (Å²) in [6.07, 6.45) is 1.11. The quantitative estimate of drug-likeness (QED) is 0.376. The summed E-state index contributed by atoms with van der Waals surface area (Å²) in [6.45, 7) is -0.233. The van der Waals surface area contributed by atoms with Crippen molar-refractivity contribution in [2.45, 2.75) is 6.61 Å². The number of rotatable bonds is 5. The molecule has 0 aliphatic heterocycles. The molecule has 3 rings (SSSR count). The Morgan fingerprint density at radius 2 is 1.93 bits per heavy atom. The van der Waals surface area contributed by atoms with E-state index < -0.39 is 32.2 Å². The van der Waals surface area contributed by atoms with Gasteiger partial charge in [-0.15, -0.1) is 0 Å². The highest BCUT2D eigenvalue weighted by atomic mass is 32.3. The van der Waals surface area contributed by atoms with Gasteiger partial charge in [-0.05, 0) is 35.4 Å². The van der Waals surface area contributed by atoms with Crippen molar-refractivity contribution in [1.29, 1.82) is 0 Å². The van der Waals surface area contributed by atoms with E-state index in [0.29, 0.717) is 5.56 Å². The van der Waals surface area contributed by atoms with Crippen LogP contribution in [0.15, 0.2) is 51.9 Å². The molecule has 2 N–H and O–H groups in total. The lowest BCUT2D eigenvalue weighted by molar-refractivity contribution is -0.385. The third kappa shape index (κ3) is 3.79. The average Bonchev–Trinajstić information content (AvgIpc) is 2.60. The predicted molar refractivity (Wildman–Crippen MR) is 92.7 cm³/mol. The second kappa shape index (κ2) is 6.79. The SMILES string of the molecule is O=c1c(-c2ccc(OS(=O)(=O)O)c([N+](=O)[O-])c2)coc2cc(CO)ccc12. The van der Waals surface area contributed by atoms with Crippen molar-refractivity contribution in [2.75, 3.05) is 0 Å². The van der Waals surface area contributed by atoms with Gasteiger partial charge in [-0.1, -0.05) is 6.07 Å². The third-order valence-electron chi connectivity index (χ3n) is 3.68. The molecule has 0 fully saturated rings. The van der Waals surface area contributed by atoms with Crippen LogP contribution in [0.1, 0.15) is 5.56 Å². The Labute approximate surface area is 151 Å². The molecular formula is C16H11NO9S. The standard InChI is InChI=1S/C16H11NO9S/c18-7-9-1-3-11-15(5-9)25-8-12(16(11)19)10-2-4-14(26-27(22,23)24)13(6-10)17(20)21/h1-6,8,18H,7H2,(H,22,23,24). The van der Waals surface area contributed by atoms with E-state index in [0.717, 1.165) is 18.4 Å². The van der Waals surface area contributed by atoms with Crippen molar-refractivity contribution >= 4 is 27.1 Å². The molecule has 11 heteroatoms. The van der Waals surface area contributed by atoms with E-state index in [9.17, 15) is 23.3 Å². The van der Waals surface area contributed by atoms with Gasteiger partial charge in [0.05, 0.1) is 22.5 Å². The number of aliphatic hydroxyl groups excluding tert-OH is 1. The Morgan fingerprint density at radius 3 is 2.56 bits per heavy atom. The van der Waals surface area contributed by atoms with E-state index in [4.69, 9.17) is 14.1 Å². The first-order chi connectivity index (χ1) is 12.7. The summed E-state index contributed by atoms with van der Waals surface area (Å²) in [5, 5.41) is 20.5. The minimum Gasteiger partial charge on any atom is -0.463 e. The van der Waals surface area contributed by atoms with Crippen LogP contribution in [0.3, 0.4) is 0 Å². The molecule has 10 nitrogen and oxygen atoms in total. The minimum absolute atomic E-state index is 0.000698. The zero-order valence-corrected chi connectivity index (χ0v) is 14.2. The van der Waals surface area contributed by atoms with E-state index in [2.05, 4.69) is 4.18 Å². The molecule has 0 bridgehead atoms. The number of nitrogens with zero attached hydrogens (tertiary/aromatic N) is 1. The van der Waals surface area contributed by atoms with Gasteiger partial charge in [-0.2, -0.15) is 8.42 Å². The summed E-state index contributed by atoms with van der Waals surface area (Å²) in [5.74, 6) is -0.705. The van der Waals surface area contributed by atoms with Crippen LogP contribution in [-0.4, -0.2) is 23.0 Å². The van der Waals surface area contributed by atoms with E-state index in [-0.39, 0.29) is 28.7 Å². The van der Waals surface area contributed by atoms with Crippen molar-refractivity contribution in [3.8, 4) is 16.9 Å². The molecule has 3 aromatic rings. The highest BCUT2D eigenvalue weighted by Crippen LogP contribution is 2.32. The normalized spacial score (nSPS) is 11.5. The first kappa shape index (κ1) is 18.5. The monoisotopic (exact) mass is 393 g/mol. The van der Waals surface area contributed by atoms with Crippen LogP contribution in [0.25, 0.3) is 22.1 Å². The zero-order valence-electron chi connectivity index (χ0n) is 13.4. The summed E-state index contributed by atoms with van der Waals surface area (Å²) in [6, 6.07) is 7.58. The first-order valence-electron chi connectivity index (χ1n) is 7.30. The maximum absolute atomic E-state index is 12.7. The van der Waals surface area contributed by atoms with Crippen LogP contribution in [0, 0.1) is 10.1 Å². The van der Waals surface area contributed by atoms with Crippen LogP contribution < -0.4 is 9.61 Å². The van der Waals surface area contributed by atoms with Gasteiger partial charge in [0.25, 0.3) is 0 Å². The Balaban J connectivity index is 2.16. The second-order valence-corrected chi connectivity index (χ2v) is 6.44. The highest BCUT2D eigenvalue weighted by molar-refractivity contribution is 7.81. The fraction of sp³-hybridized carbons (Fsp3) is 0.0625. The summed E-state index contributed by atoms with van der Waals surface area (Å²) >= 11 is 0. The molecular weight excluding hydrogens is 382 g/mol. The summed E-state index contributed by atoms with van der Waals surface area (Å²) in [4.78, 5) is 22.9. The van der Waals surface area contributed by atoms with Gasteiger partial charge in [-0.3, -0.25) is 19.5 Å². The number of aliphatic hydroxyl groups is 1. The van der Waals surface area contributed by atoms with Crippen LogP contribution in [0.2, 0.25) is 0 Å². The van der Waals surface area contributed by atoms with Crippen LogP contribution in [0.5, 0.6) is 5.75 Å². The lowest BCUT2D eigenvalue weighted by Crippen LogP contribution is -2.09. The molecule has 0 radical (unpaired) electrons. The lowest BCUT2D eigenvalue weighted by Gasteiger charge is -2.06. The number of hydrogen-bond donors (Lipinski definition) is 2. The van der Waals surface area contributed by atoms with Gasteiger partial charge < -0.3 is 13.7 Å².